The number of halogens is 1. The molecule has 6 nitrogen and oxygen atoms in total. The summed E-state index contributed by atoms with van der Waals surface area (Å²) in [5.41, 5.74) is 3.16. The predicted molar refractivity (Wildman–Crippen MR) is 111 cm³/mol. The van der Waals surface area contributed by atoms with Crippen LogP contribution in [-0.4, -0.2) is 35.6 Å². The number of hydrogen-bond acceptors (Lipinski definition) is 5. The number of aliphatic carboxylic acids is 1. The Morgan fingerprint density at radius 2 is 1.89 bits per heavy atom. The molecule has 0 aliphatic heterocycles. The third-order valence-corrected chi connectivity index (χ3v) is 5.29. The molecule has 2 aromatic carbocycles. The molecule has 3 rings (SSSR count). The van der Waals surface area contributed by atoms with E-state index in [4.69, 9.17) is 16.7 Å². The van der Waals surface area contributed by atoms with Gasteiger partial charge in [0.2, 0.25) is 0 Å². The second kappa shape index (κ2) is 8.86. The quantitative estimate of drug-likeness (QED) is 0.611. The van der Waals surface area contributed by atoms with Crippen LogP contribution in [0.4, 0.5) is 5.13 Å². The predicted octanol–water partition coefficient (Wildman–Crippen LogP) is 3.91. The lowest BCUT2D eigenvalue weighted by Gasteiger charge is -2.16. The molecule has 3 aromatic rings. The molecule has 144 valence electrons. The number of amides is 1. The summed E-state index contributed by atoms with van der Waals surface area (Å²) in [4.78, 5) is 29.1. The van der Waals surface area contributed by atoms with E-state index in [0.717, 1.165) is 22.0 Å². The Balaban J connectivity index is 1.65. The van der Waals surface area contributed by atoms with Crippen molar-refractivity contribution in [2.24, 2.45) is 0 Å². The van der Waals surface area contributed by atoms with Crippen molar-refractivity contribution in [1.29, 1.82) is 0 Å². The highest BCUT2D eigenvalue weighted by Gasteiger charge is 2.12. The average Bonchev–Trinajstić information content (AvgIpc) is 3.17. The van der Waals surface area contributed by atoms with Crippen LogP contribution in [0.3, 0.4) is 0 Å². The van der Waals surface area contributed by atoms with Gasteiger partial charge in [-0.2, -0.15) is 0 Å². The fourth-order valence-electron chi connectivity index (χ4n) is 2.59. The van der Waals surface area contributed by atoms with Gasteiger partial charge < -0.3 is 15.3 Å². The highest BCUT2D eigenvalue weighted by molar-refractivity contribution is 7.14. The Bertz CT molecular complexity index is 988. The number of anilines is 1. The monoisotopic (exact) mass is 415 g/mol. The summed E-state index contributed by atoms with van der Waals surface area (Å²) < 4.78 is 0. The van der Waals surface area contributed by atoms with Crippen LogP contribution in [0.25, 0.3) is 11.3 Å². The third kappa shape index (κ3) is 4.88. The van der Waals surface area contributed by atoms with Crippen LogP contribution in [0, 0.1) is 0 Å². The van der Waals surface area contributed by atoms with Crippen LogP contribution in [0.5, 0.6) is 0 Å². The summed E-state index contributed by atoms with van der Waals surface area (Å²) in [5.74, 6) is -1.49. The minimum Gasteiger partial charge on any atom is -0.480 e. The summed E-state index contributed by atoms with van der Waals surface area (Å²) in [6.45, 7) is 0.216. The third-order valence-electron chi connectivity index (χ3n) is 4.00. The molecule has 0 bridgehead atoms. The number of nitrogens with one attached hydrogen (secondary N) is 1. The zero-order valence-corrected chi connectivity index (χ0v) is 16.6. The molecule has 0 saturated heterocycles. The molecule has 0 atom stereocenters. The van der Waals surface area contributed by atoms with Crippen molar-refractivity contribution in [2.45, 2.75) is 6.54 Å². The van der Waals surface area contributed by atoms with Gasteiger partial charge in [-0.3, -0.25) is 9.59 Å². The summed E-state index contributed by atoms with van der Waals surface area (Å²) in [6.07, 6.45) is 0. The molecular weight excluding hydrogens is 398 g/mol. The van der Waals surface area contributed by atoms with Gasteiger partial charge in [0.15, 0.2) is 5.13 Å². The molecule has 1 amide bonds. The van der Waals surface area contributed by atoms with E-state index in [1.54, 1.807) is 12.1 Å². The van der Waals surface area contributed by atoms with E-state index >= 15 is 0 Å². The number of carbonyl (C=O) groups is 2. The lowest BCUT2D eigenvalue weighted by atomic mass is 10.1. The summed E-state index contributed by atoms with van der Waals surface area (Å²) in [6, 6.07) is 14.6. The van der Waals surface area contributed by atoms with E-state index in [0.29, 0.717) is 17.1 Å². The lowest BCUT2D eigenvalue weighted by molar-refractivity contribution is -0.135. The fourth-order valence-corrected chi connectivity index (χ4v) is 3.62. The highest BCUT2D eigenvalue weighted by Crippen LogP contribution is 2.31. The van der Waals surface area contributed by atoms with E-state index in [1.165, 1.54) is 11.3 Å². The first kappa shape index (κ1) is 19.9. The SMILES string of the molecule is CN(Cc1ccc(C(=O)NCC(=O)O)cc1)c1nc(-c2ccccc2Cl)cs1. The molecule has 0 saturated carbocycles. The van der Waals surface area contributed by atoms with Crippen molar-refractivity contribution in [3.63, 3.8) is 0 Å². The number of carbonyl (C=O) groups excluding carboxylic acids is 1. The van der Waals surface area contributed by atoms with Crippen molar-refractivity contribution < 1.29 is 14.7 Å². The van der Waals surface area contributed by atoms with Gasteiger partial charge in [0, 0.05) is 35.1 Å². The Morgan fingerprint density at radius 1 is 1.18 bits per heavy atom. The maximum Gasteiger partial charge on any atom is 0.322 e. The number of carboxylic acids is 1. The van der Waals surface area contributed by atoms with Crippen LogP contribution in [0.15, 0.2) is 53.9 Å². The Morgan fingerprint density at radius 3 is 2.57 bits per heavy atom. The number of hydrogen-bond donors (Lipinski definition) is 2. The lowest BCUT2D eigenvalue weighted by Crippen LogP contribution is -2.29. The molecular formula is C20H18ClN3O3S. The van der Waals surface area contributed by atoms with Crippen LogP contribution >= 0.6 is 22.9 Å². The molecule has 1 aromatic heterocycles. The maximum atomic E-state index is 11.9. The number of aromatic nitrogens is 1. The molecule has 1 heterocycles. The van der Waals surface area contributed by atoms with Gasteiger partial charge in [-0.05, 0) is 23.8 Å². The normalized spacial score (nSPS) is 10.5. The second-order valence-corrected chi connectivity index (χ2v) is 7.37. The highest BCUT2D eigenvalue weighted by atomic mass is 35.5. The maximum absolute atomic E-state index is 11.9. The van der Waals surface area contributed by atoms with Crippen molar-refractivity contribution in [1.82, 2.24) is 10.3 Å². The van der Waals surface area contributed by atoms with Crippen molar-refractivity contribution in [3.05, 3.63) is 70.1 Å². The van der Waals surface area contributed by atoms with Gasteiger partial charge in [-0.1, -0.05) is 41.9 Å². The Kier molecular flexibility index (Phi) is 6.28. The van der Waals surface area contributed by atoms with Gasteiger partial charge in [-0.25, -0.2) is 4.98 Å². The largest absolute Gasteiger partial charge is 0.480 e. The van der Waals surface area contributed by atoms with E-state index in [2.05, 4.69) is 10.3 Å². The average molecular weight is 416 g/mol. The first-order chi connectivity index (χ1) is 13.4. The van der Waals surface area contributed by atoms with Crippen LogP contribution in [-0.2, 0) is 11.3 Å². The van der Waals surface area contributed by atoms with Crippen LogP contribution in [0.1, 0.15) is 15.9 Å². The van der Waals surface area contributed by atoms with Crippen molar-refractivity contribution >= 4 is 39.9 Å². The first-order valence-corrected chi connectivity index (χ1v) is 9.70. The number of carboxylic acid groups (broad SMARTS) is 1. The zero-order valence-electron chi connectivity index (χ0n) is 15.1. The molecule has 0 spiro atoms. The fraction of sp³-hybridized carbons (Fsp3) is 0.150. The minimum atomic E-state index is -1.08. The molecule has 0 fully saturated rings. The van der Waals surface area contributed by atoms with E-state index in [9.17, 15) is 9.59 Å². The van der Waals surface area contributed by atoms with Crippen LogP contribution < -0.4 is 10.2 Å². The zero-order chi connectivity index (χ0) is 20.1. The second-order valence-electron chi connectivity index (χ2n) is 6.12. The number of thiazole rings is 1. The van der Waals surface area contributed by atoms with Crippen LogP contribution in [0.2, 0.25) is 5.02 Å². The molecule has 0 unspecified atom stereocenters. The summed E-state index contributed by atoms with van der Waals surface area (Å²) >= 11 is 7.78. The topological polar surface area (TPSA) is 82.5 Å². The number of rotatable bonds is 7. The van der Waals surface area contributed by atoms with Gasteiger partial charge in [-0.15, -0.1) is 11.3 Å². The summed E-state index contributed by atoms with van der Waals surface area (Å²) in [5, 5.41) is 14.5. The van der Waals surface area contributed by atoms with E-state index in [1.807, 2.05) is 53.7 Å². The molecule has 0 radical (unpaired) electrons. The van der Waals surface area contributed by atoms with Gasteiger partial charge in [0.25, 0.3) is 5.91 Å². The van der Waals surface area contributed by atoms with Gasteiger partial charge in [0.1, 0.15) is 6.54 Å². The molecule has 28 heavy (non-hydrogen) atoms. The Labute approximate surface area is 171 Å². The molecule has 8 heteroatoms. The standard InChI is InChI=1S/C20H18ClN3O3S/c1-24(20-23-17(12-28-20)15-4-2-3-5-16(15)21)11-13-6-8-14(9-7-13)19(27)22-10-18(25)26/h2-9,12H,10-11H2,1H3,(H,22,27)(H,25,26). The number of benzene rings is 2. The van der Waals surface area contributed by atoms with E-state index < -0.39 is 18.4 Å². The first-order valence-electron chi connectivity index (χ1n) is 8.44. The van der Waals surface area contributed by atoms with Crippen molar-refractivity contribution in [2.75, 3.05) is 18.5 Å². The van der Waals surface area contributed by atoms with Gasteiger partial charge >= 0.3 is 5.97 Å². The molecule has 0 aliphatic carbocycles. The molecule has 2 N–H and O–H groups in total. The number of nitrogens with zero attached hydrogens (tertiary/aromatic N) is 2. The van der Waals surface area contributed by atoms with E-state index in [-0.39, 0.29) is 0 Å². The molecule has 0 aliphatic rings. The minimum absolute atomic E-state index is 0.402. The smallest absolute Gasteiger partial charge is 0.322 e. The van der Waals surface area contributed by atoms with Crippen molar-refractivity contribution in [3.8, 4) is 11.3 Å². The summed E-state index contributed by atoms with van der Waals surface area (Å²) in [7, 11) is 1.95. The Hall–Kier alpha value is -2.90. The van der Waals surface area contributed by atoms with Gasteiger partial charge in [0.05, 0.1) is 5.69 Å².